The molecule has 2 heterocycles. The number of hydrogen-bond donors (Lipinski definition) is 1. The molecule has 21 heavy (non-hydrogen) atoms. The Balaban J connectivity index is 1.83. The van der Waals surface area contributed by atoms with E-state index in [1.54, 1.807) is 0 Å². The number of halogens is 4. The molecule has 2 bridgehead atoms. The number of nitrogens with one attached hydrogen (secondary N) is 1. The molecule has 2 aliphatic rings. The van der Waals surface area contributed by atoms with Crippen LogP contribution in [-0.2, 0) is 11.0 Å². The van der Waals surface area contributed by atoms with E-state index in [-0.39, 0.29) is 5.91 Å². The second kappa shape index (κ2) is 4.69. The molecule has 0 unspecified atom stereocenters. The van der Waals surface area contributed by atoms with E-state index < -0.39 is 28.7 Å². The molecule has 0 saturated carbocycles. The van der Waals surface area contributed by atoms with E-state index in [9.17, 15) is 22.4 Å². The van der Waals surface area contributed by atoms with E-state index in [4.69, 9.17) is 0 Å². The second-order valence-corrected chi connectivity index (χ2v) is 5.70. The van der Waals surface area contributed by atoms with E-state index in [0.717, 1.165) is 19.2 Å². The van der Waals surface area contributed by atoms with Gasteiger partial charge in [-0.3, -0.25) is 4.79 Å². The Morgan fingerprint density at radius 3 is 2.43 bits per heavy atom. The van der Waals surface area contributed by atoms with Crippen molar-refractivity contribution in [2.45, 2.75) is 19.0 Å². The third-order valence-corrected chi connectivity index (χ3v) is 4.36. The van der Waals surface area contributed by atoms with Gasteiger partial charge in [-0.15, -0.1) is 0 Å². The summed E-state index contributed by atoms with van der Waals surface area (Å²) >= 11 is 0. The largest absolute Gasteiger partial charge is 0.416 e. The van der Waals surface area contributed by atoms with Crippen LogP contribution < -0.4 is 5.32 Å². The molecule has 0 radical (unpaired) electrons. The monoisotopic (exact) mass is 302 g/mol. The lowest BCUT2D eigenvalue weighted by Crippen LogP contribution is -2.35. The number of amides is 1. The number of hydrogen-bond acceptors (Lipinski definition) is 2. The molecule has 0 aliphatic carbocycles. The SMILES string of the molecule is O=C(Nc1cc(C(F)(F)F)ccc1F)C12CCN(CC1)C2. The van der Waals surface area contributed by atoms with Crippen molar-refractivity contribution in [3.63, 3.8) is 0 Å². The summed E-state index contributed by atoms with van der Waals surface area (Å²) in [5.41, 5.74) is -1.97. The average Bonchev–Trinajstić information content (AvgIpc) is 3.01. The molecule has 1 N–H and O–H groups in total. The van der Waals surface area contributed by atoms with Gasteiger partial charge in [0.2, 0.25) is 5.91 Å². The number of anilines is 1. The summed E-state index contributed by atoms with van der Waals surface area (Å²) in [7, 11) is 0. The van der Waals surface area contributed by atoms with Crippen LogP contribution in [0.25, 0.3) is 0 Å². The van der Waals surface area contributed by atoms with Gasteiger partial charge in [0.05, 0.1) is 16.7 Å². The summed E-state index contributed by atoms with van der Waals surface area (Å²) in [6.07, 6.45) is -3.23. The second-order valence-electron chi connectivity index (χ2n) is 5.70. The van der Waals surface area contributed by atoms with Gasteiger partial charge in [-0.2, -0.15) is 13.2 Å². The fourth-order valence-electron chi connectivity index (χ4n) is 3.08. The highest BCUT2D eigenvalue weighted by Crippen LogP contribution is 2.41. The first-order chi connectivity index (χ1) is 9.80. The van der Waals surface area contributed by atoms with Crippen LogP contribution in [0.5, 0.6) is 0 Å². The van der Waals surface area contributed by atoms with Crippen molar-refractivity contribution >= 4 is 11.6 Å². The lowest BCUT2D eigenvalue weighted by atomic mass is 9.83. The molecule has 2 aliphatic heterocycles. The van der Waals surface area contributed by atoms with Gasteiger partial charge in [-0.05, 0) is 44.1 Å². The lowest BCUT2D eigenvalue weighted by molar-refractivity contribution is -0.137. The van der Waals surface area contributed by atoms with Gasteiger partial charge in [-0.25, -0.2) is 4.39 Å². The highest BCUT2D eigenvalue weighted by atomic mass is 19.4. The van der Waals surface area contributed by atoms with Crippen molar-refractivity contribution in [3.8, 4) is 0 Å². The number of fused-ring (bicyclic) bond motifs is 2. The molecule has 1 amide bonds. The van der Waals surface area contributed by atoms with Gasteiger partial charge in [0, 0.05) is 6.54 Å². The third kappa shape index (κ3) is 2.50. The van der Waals surface area contributed by atoms with E-state index in [0.29, 0.717) is 31.5 Å². The van der Waals surface area contributed by atoms with Crippen LogP contribution in [0.3, 0.4) is 0 Å². The molecule has 1 aromatic carbocycles. The van der Waals surface area contributed by atoms with Gasteiger partial charge < -0.3 is 10.2 Å². The smallest absolute Gasteiger partial charge is 0.323 e. The van der Waals surface area contributed by atoms with Crippen LogP contribution in [0.1, 0.15) is 18.4 Å². The molecule has 3 nitrogen and oxygen atoms in total. The van der Waals surface area contributed by atoms with Crippen LogP contribution in [0.15, 0.2) is 18.2 Å². The third-order valence-electron chi connectivity index (χ3n) is 4.36. The minimum atomic E-state index is -4.57. The number of carbonyl (C=O) groups is 1. The maximum Gasteiger partial charge on any atom is 0.416 e. The Kier molecular flexibility index (Phi) is 3.20. The molecule has 114 valence electrons. The molecule has 0 spiro atoms. The Bertz CT molecular complexity index is 577. The zero-order valence-corrected chi connectivity index (χ0v) is 11.1. The van der Waals surface area contributed by atoms with Crippen molar-refractivity contribution in [2.75, 3.05) is 25.0 Å². The summed E-state index contributed by atoms with van der Waals surface area (Å²) < 4.78 is 51.6. The Hall–Kier alpha value is -1.63. The molecule has 0 aromatic heterocycles. The molecule has 2 saturated heterocycles. The zero-order valence-electron chi connectivity index (χ0n) is 11.1. The first-order valence-corrected chi connectivity index (χ1v) is 6.71. The quantitative estimate of drug-likeness (QED) is 0.852. The number of benzene rings is 1. The van der Waals surface area contributed by atoms with Crippen molar-refractivity contribution < 1.29 is 22.4 Å². The van der Waals surface area contributed by atoms with Crippen molar-refractivity contribution in [1.29, 1.82) is 0 Å². The van der Waals surface area contributed by atoms with Gasteiger partial charge in [0.15, 0.2) is 0 Å². The highest BCUT2D eigenvalue weighted by molar-refractivity contribution is 5.96. The Morgan fingerprint density at radius 1 is 1.24 bits per heavy atom. The molecule has 2 fully saturated rings. The van der Waals surface area contributed by atoms with Crippen LogP contribution >= 0.6 is 0 Å². The van der Waals surface area contributed by atoms with Gasteiger partial charge in [0.1, 0.15) is 5.82 Å². The Labute approximate surface area is 118 Å². The van der Waals surface area contributed by atoms with Crippen molar-refractivity contribution in [1.82, 2.24) is 4.90 Å². The maximum atomic E-state index is 13.7. The number of rotatable bonds is 2. The highest BCUT2D eigenvalue weighted by Gasteiger charge is 2.49. The summed E-state index contributed by atoms with van der Waals surface area (Å²) in [6, 6.07) is 2.04. The zero-order chi connectivity index (χ0) is 15.3. The number of carbonyl (C=O) groups excluding carboxylic acids is 1. The Morgan fingerprint density at radius 2 is 1.90 bits per heavy atom. The predicted molar refractivity (Wildman–Crippen MR) is 68.1 cm³/mol. The minimum Gasteiger partial charge on any atom is -0.323 e. The summed E-state index contributed by atoms with van der Waals surface area (Å²) in [4.78, 5) is 14.4. The van der Waals surface area contributed by atoms with Crippen molar-refractivity contribution in [2.24, 2.45) is 5.41 Å². The van der Waals surface area contributed by atoms with Gasteiger partial charge in [-0.1, -0.05) is 0 Å². The van der Waals surface area contributed by atoms with Crippen LogP contribution in [-0.4, -0.2) is 30.4 Å². The molecule has 3 rings (SSSR count). The van der Waals surface area contributed by atoms with E-state index >= 15 is 0 Å². The minimum absolute atomic E-state index is 0.388. The number of nitrogens with zero attached hydrogens (tertiary/aromatic N) is 1. The molecular formula is C14H14F4N2O. The lowest BCUT2D eigenvalue weighted by Gasteiger charge is -2.24. The summed E-state index contributed by atoms with van der Waals surface area (Å²) in [5.74, 6) is -1.25. The first kappa shape index (κ1) is 14.3. The predicted octanol–water partition coefficient (Wildman–Crippen LogP) is 2.88. The molecular weight excluding hydrogens is 288 g/mol. The standard InChI is InChI=1S/C14H14F4N2O/c15-10-2-1-9(14(16,17)18)7-11(10)19-12(21)13-3-5-20(8-13)6-4-13/h1-2,7H,3-6,8H2,(H,19,21). The van der Waals surface area contributed by atoms with Crippen LogP contribution in [0, 0.1) is 11.2 Å². The first-order valence-electron chi connectivity index (χ1n) is 6.71. The normalized spacial score (nSPS) is 27.9. The molecule has 0 atom stereocenters. The van der Waals surface area contributed by atoms with E-state index in [2.05, 4.69) is 10.2 Å². The molecule has 7 heteroatoms. The van der Waals surface area contributed by atoms with Crippen LogP contribution in [0.2, 0.25) is 0 Å². The summed E-state index contributed by atoms with van der Waals surface area (Å²) in [5, 5.41) is 2.34. The topological polar surface area (TPSA) is 32.3 Å². The van der Waals surface area contributed by atoms with E-state index in [1.165, 1.54) is 0 Å². The van der Waals surface area contributed by atoms with E-state index in [1.807, 2.05) is 0 Å². The fourth-order valence-corrected chi connectivity index (χ4v) is 3.08. The van der Waals surface area contributed by atoms with Crippen molar-refractivity contribution in [3.05, 3.63) is 29.6 Å². The maximum absolute atomic E-state index is 13.7. The summed E-state index contributed by atoms with van der Waals surface area (Å²) in [6.45, 7) is 2.20. The van der Waals surface area contributed by atoms with Gasteiger partial charge >= 0.3 is 6.18 Å². The average molecular weight is 302 g/mol. The number of alkyl halides is 3. The van der Waals surface area contributed by atoms with Gasteiger partial charge in [0.25, 0.3) is 0 Å². The van der Waals surface area contributed by atoms with Crippen LogP contribution in [0.4, 0.5) is 23.2 Å². The number of piperidine rings is 1. The molecule has 1 aromatic rings. The fraction of sp³-hybridized carbons (Fsp3) is 0.500.